The smallest absolute Gasteiger partial charge is 0.329 e. The van der Waals surface area contributed by atoms with Crippen LogP contribution in [0.3, 0.4) is 0 Å². The number of hydroxylamine groups is 2. The first-order valence-electron chi connectivity index (χ1n) is 13.9. The van der Waals surface area contributed by atoms with Crippen molar-refractivity contribution < 1.29 is 19.2 Å². The second kappa shape index (κ2) is 13.1. The van der Waals surface area contributed by atoms with Crippen molar-refractivity contribution in [2.45, 2.75) is 49.4 Å². The van der Waals surface area contributed by atoms with Crippen LogP contribution < -0.4 is 0 Å². The molecule has 0 N–H and O–H groups in total. The second-order valence-corrected chi connectivity index (χ2v) is 10.6. The number of nitrogens with zero attached hydrogens (tertiary/aromatic N) is 3. The van der Waals surface area contributed by atoms with Gasteiger partial charge in [0.15, 0.2) is 0 Å². The molecule has 7 nitrogen and oxygen atoms in total. The predicted molar refractivity (Wildman–Crippen MR) is 157 cm³/mol. The maximum Gasteiger partial charge on any atom is 0.343 e. The summed E-state index contributed by atoms with van der Waals surface area (Å²) >= 11 is 0. The number of hydrogen-bond donors (Lipinski definition) is 0. The molecule has 2 saturated heterocycles. The average Bonchev–Trinajstić information content (AvgIpc) is 3.01. The van der Waals surface area contributed by atoms with Gasteiger partial charge < -0.3 is 9.74 Å². The van der Waals surface area contributed by atoms with Gasteiger partial charge in [-0.1, -0.05) is 91.0 Å². The first-order valence-corrected chi connectivity index (χ1v) is 13.9. The number of benzene rings is 3. The zero-order valence-electron chi connectivity index (χ0n) is 22.9. The Kier molecular flexibility index (Phi) is 9.59. The van der Waals surface area contributed by atoms with E-state index in [4.69, 9.17) is 4.84 Å². The molecule has 212 valence electrons. The van der Waals surface area contributed by atoms with E-state index in [0.717, 1.165) is 16.7 Å². The Hall–Kier alpha value is -3.99. The van der Waals surface area contributed by atoms with E-state index in [1.807, 2.05) is 91.0 Å². The number of amides is 2. The maximum absolute atomic E-state index is 13.7. The van der Waals surface area contributed by atoms with Crippen molar-refractivity contribution in [1.29, 1.82) is 5.26 Å². The third-order valence-electron chi connectivity index (χ3n) is 8.36. The summed E-state index contributed by atoms with van der Waals surface area (Å²) in [5.74, 6) is -1.51. The van der Waals surface area contributed by atoms with Crippen molar-refractivity contribution in [3.05, 3.63) is 108 Å². The van der Waals surface area contributed by atoms with E-state index in [1.165, 1.54) is 0 Å². The molecule has 2 fully saturated rings. The van der Waals surface area contributed by atoms with E-state index in [0.29, 0.717) is 50.4 Å². The lowest BCUT2D eigenvalue weighted by Gasteiger charge is -2.41. The lowest BCUT2D eigenvalue weighted by Crippen LogP contribution is -2.52. The van der Waals surface area contributed by atoms with Crippen LogP contribution in [0.1, 0.15) is 55.2 Å². The van der Waals surface area contributed by atoms with Gasteiger partial charge >= 0.3 is 5.97 Å². The Labute approximate surface area is 247 Å². The number of carbonyl (C=O) groups is 3. The number of halogens is 1. The lowest BCUT2D eigenvalue weighted by atomic mass is 9.71. The van der Waals surface area contributed by atoms with E-state index in [1.54, 1.807) is 0 Å². The van der Waals surface area contributed by atoms with Gasteiger partial charge in [-0.15, -0.1) is 17.5 Å². The van der Waals surface area contributed by atoms with Crippen molar-refractivity contribution in [2.75, 3.05) is 19.6 Å². The number of likely N-dealkylation sites (tertiary alicyclic amines) is 1. The quantitative estimate of drug-likeness (QED) is 0.339. The highest BCUT2D eigenvalue weighted by Crippen LogP contribution is 2.39. The van der Waals surface area contributed by atoms with Crippen LogP contribution >= 0.6 is 12.4 Å². The average molecular weight is 572 g/mol. The fourth-order valence-corrected chi connectivity index (χ4v) is 5.94. The van der Waals surface area contributed by atoms with Gasteiger partial charge in [0.05, 0.1) is 11.5 Å². The summed E-state index contributed by atoms with van der Waals surface area (Å²) in [6, 6.07) is 31.9. The summed E-state index contributed by atoms with van der Waals surface area (Å²) in [5.41, 5.74) is 0.958. The molecule has 0 radical (unpaired) electrons. The second-order valence-electron chi connectivity index (χ2n) is 10.6. The minimum atomic E-state index is -0.971. The minimum Gasteiger partial charge on any atom is -0.329 e. The number of nitriles is 1. The summed E-state index contributed by atoms with van der Waals surface area (Å²) in [7, 11) is 0. The van der Waals surface area contributed by atoms with Crippen molar-refractivity contribution in [2.24, 2.45) is 0 Å². The summed E-state index contributed by atoms with van der Waals surface area (Å²) in [6.07, 6.45) is 2.39. The van der Waals surface area contributed by atoms with Crippen LogP contribution in [0.15, 0.2) is 91.0 Å². The van der Waals surface area contributed by atoms with Crippen LogP contribution in [0.2, 0.25) is 0 Å². The molecule has 2 aliphatic rings. The van der Waals surface area contributed by atoms with E-state index in [2.05, 4.69) is 11.0 Å². The summed E-state index contributed by atoms with van der Waals surface area (Å²) in [4.78, 5) is 46.2. The molecular formula is C33H34ClN3O4. The fraction of sp³-hybridized carbons (Fsp3) is 0.333. The number of imide groups is 1. The standard InChI is InChI=1S/C33H33N3O4.ClH/c34-25-33(27-13-6-2-7-14-27,28-15-8-3-9-16-28)21-24-35-22-19-32(20-23-35,26-11-4-1-5-12-26)31(39)40-36-29(37)17-10-18-30(36)38;/h1-9,11-16H,10,17-24H2;1H. The molecule has 5 rings (SSSR count). The van der Waals surface area contributed by atoms with Crippen LogP contribution in [0.25, 0.3) is 0 Å². The van der Waals surface area contributed by atoms with E-state index < -0.39 is 28.6 Å². The SMILES string of the molecule is Cl.N#CC(CCN1CCC(C(=O)ON2C(=O)CCCC2=O)(c2ccccc2)CC1)(c1ccccc1)c1ccccc1. The van der Waals surface area contributed by atoms with Gasteiger partial charge in [-0.05, 0) is 55.5 Å². The third kappa shape index (κ3) is 6.04. The summed E-state index contributed by atoms with van der Waals surface area (Å²) in [5, 5.41) is 11.2. The van der Waals surface area contributed by atoms with Crippen molar-refractivity contribution in [1.82, 2.24) is 9.96 Å². The van der Waals surface area contributed by atoms with Gasteiger partial charge in [0.25, 0.3) is 11.8 Å². The Morgan fingerprint density at radius 3 is 1.80 bits per heavy atom. The highest BCUT2D eigenvalue weighted by Gasteiger charge is 2.47. The molecule has 0 saturated carbocycles. The lowest BCUT2D eigenvalue weighted by molar-refractivity contribution is -0.210. The van der Waals surface area contributed by atoms with Crippen LogP contribution in [-0.4, -0.2) is 47.4 Å². The summed E-state index contributed by atoms with van der Waals surface area (Å²) in [6.45, 7) is 1.88. The molecule has 0 aromatic heterocycles. The van der Waals surface area contributed by atoms with Gasteiger partial charge in [0.2, 0.25) is 0 Å². The van der Waals surface area contributed by atoms with Crippen molar-refractivity contribution in [3.8, 4) is 6.07 Å². The minimum absolute atomic E-state index is 0. The number of carbonyl (C=O) groups excluding carboxylic acids is 3. The first-order chi connectivity index (χ1) is 19.5. The van der Waals surface area contributed by atoms with Crippen LogP contribution in [0, 0.1) is 11.3 Å². The molecular weight excluding hydrogens is 538 g/mol. The Morgan fingerprint density at radius 1 is 0.829 bits per heavy atom. The van der Waals surface area contributed by atoms with Gasteiger partial charge in [-0.25, -0.2) is 4.79 Å². The van der Waals surface area contributed by atoms with Crippen molar-refractivity contribution >= 4 is 30.2 Å². The van der Waals surface area contributed by atoms with E-state index >= 15 is 0 Å². The number of rotatable bonds is 8. The van der Waals surface area contributed by atoms with Gasteiger partial charge in [-0.3, -0.25) is 9.59 Å². The van der Waals surface area contributed by atoms with E-state index in [-0.39, 0.29) is 25.2 Å². The zero-order chi connectivity index (χ0) is 28.0. The van der Waals surface area contributed by atoms with Crippen LogP contribution in [0.5, 0.6) is 0 Å². The Balaban J connectivity index is 0.00000387. The molecule has 2 aliphatic heterocycles. The van der Waals surface area contributed by atoms with E-state index in [9.17, 15) is 19.6 Å². The molecule has 2 amide bonds. The Morgan fingerprint density at radius 2 is 1.32 bits per heavy atom. The molecule has 0 aliphatic carbocycles. The molecule has 41 heavy (non-hydrogen) atoms. The highest BCUT2D eigenvalue weighted by molar-refractivity contribution is 5.98. The largest absolute Gasteiger partial charge is 0.343 e. The molecule has 3 aromatic rings. The van der Waals surface area contributed by atoms with Crippen LogP contribution in [-0.2, 0) is 30.1 Å². The molecule has 0 unspecified atom stereocenters. The summed E-state index contributed by atoms with van der Waals surface area (Å²) < 4.78 is 0. The molecule has 8 heteroatoms. The molecule has 0 spiro atoms. The molecule has 3 aromatic carbocycles. The fourth-order valence-electron chi connectivity index (χ4n) is 5.94. The monoisotopic (exact) mass is 571 g/mol. The predicted octanol–water partition coefficient (Wildman–Crippen LogP) is 5.34. The van der Waals surface area contributed by atoms with Crippen LogP contribution in [0.4, 0.5) is 0 Å². The highest BCUT2D eigenvalue weighted by atomic mass is 35.5. The van der Waals surface area contributed by atoms with Crippen molar-refractivity contribution in [3.63, 3.8) is 0 Å². The molecule has 0 bridgehead atoms. The van der Waals surface area contributed by atoms with Gasteiger partial charge in [-0.2, -0.15) is 5.26 Å². The Bertz CT molecular complexity index is 1330. The van der Waals surface area contributed by atoms with Gasteiger partial charge in [0, 0.05) is 19.4 Å². The number of hydrogen-bond acceptors (Lipinski definition) is 6. The molecule has 0 atom stereocenters. The normalized spacial score (nSPS) is 17.3. The zero-order valence-corrected chi connectivity index (χ0v) is 23.7. The molecule has 2 heterocycles. The first kappa shape index (κ1) is 30.0. The topological polar surface area (TPSA) is 90.7 Å². The third-order valence-corrected chi connectivity index (χ3v) is 8.36. The maximum atomic E-state index is 13.7. The number of piperidine rings is 2. The van der Waals surface area contributed by atoms with Gasteiger partial charge in [0.1, 0.15) is 5.41 Å².